The Labute approximate surface area is 91.5 Å². The van der Waals surface area contributed by atoms with Crippen molar-refractivity contribution < 1.29 is 0 Å². The molecule has 1 aromatic heterocycles. The van der Waals surface area contributed by atoms with E-state index in [-0.39, 0.29) is 0 Å². The highest BCUT2D eigenvalue weighted by Gasteiger charge is 2.11. The van der Waals surface area contributed by atoms with Gasteiger partial charge in [-0.1, -0.05) is 20.3 Å². The molecule has 15 heavy (non-hydrogen) atoms. The summed E-state index contributed by atoms with van der Waals surface area (Å²) in [5, 5.41) is 11.3. The van der Waals surface area contributed by atoms with Crippen molar-refractivity contribution in [1.29, 1.82) is 0 Å². The number of aromatic nitrogens is 3. The maximum Gasteiger partial charge on any atom is 0.243 e. The molecule has 2 unspecified atom stereocenters. The number of aryl methyl sites for hydroxylation is 2. The fourth-order valence-corrected chi connectivity index (χ4v) is 1.22. The van der Waals surface area contributed by atoms with E-state index in [9.17, 15) is 0 Å². The Hall–Kier alpha value is -1.19. The molecule has 0 aliphatic carbocycles. The Balaban J connectivity index is 2.68. The first-order chi connectivity index (χ1) is 7.04. The van der Waals surface area contributed by atoms with Crippen LogP contribution in [-0.2, 0) is 0 Å². The summed E-state index contributed by atoms with van der Waals surface area (Å²) in [7, 11) is 0. The van der Waals surface area contributed by atoms with Gasteiger partial charge in [0.05, 0.1) is 11.4 Å². The largest absolute Gasteiger partial charge is 0.350 e. The number of hydrogen-bond donors (Lipinski definition) is 1. The highest BCUT2D eigenvalue weighted by Crippen LogP contribution is 2.11. The van der Waals surface area contributed by atoms with E-state index in [1.54, 1.807) is 0 Å². The SMILES string of the molecule is CCC(C)C(C)Nc1nnc(C)c(C)n1. The van der Waals surface area contributed by atoms with Gasteiger partial charge in [0.2, 0.25) is 5.95 Å². The molecule has 0 saturated carbocycles. The van der Waals surface area contributed by atoms with Gasteiger partial charge in [-0.25, -0.2) is 4.98 Å². The summed E-state index contributed by atoms with van der Waals surface area (Å²) in [5.74, 6) is 1.24. The van der Waals surface area contributed by atoms with E-state index in [0.29, 0.717) is 17.9 Å². The molecule has 4 heteroatoms. The van der Waals surface area contributed by atoms with Gasteiger partial charge in [0.25, 0.3) is 0 Å². The van der Waals surface area contributed by atoms with Crippen molar-refractivity contribution in [2.24, 2.45) is 5.92 Å². The van der Waals surface area contributed by atoms with Crippen LogP contribution in [0.15, 0.2) is 0 Å². The zero-order valence-electron chi connectivity index (χ0n) is 10.2. The number of rotatable bonds is 4. The van der Waals surface area contributed by atoms with Crippen LogP contribution in [-0.4, -0.2) is 21.2 Å². The minimum Gasteiger partial charge on any atom is -0.350 e. The molecule has 1 N–H and O–H groups in total. The van der Waals surface area contributed by atoms with Gasteiger partial charge in [-0.05, 0) is 26.7 Å². The Morgan fingerprint density at radius 3 is 2.33 bits per heavy atom. The van der Waals surface area contributed by atoms with Crippen LogP contribution in [0.4, 0.5) is 5.95 Å². The monoisotopic (exact) mass is 208 g/mol. The lowest BCUT2D eigenvalue weighted by atomic mass is 10.0. The summed E-state index contributed by atoms with van der Waals surface area (Å²) in [4.78, 5) is 4.34. The minimum absolute atomic E-state index is 0.374. The van der Waals surface area contributed by atoms with Crippen LogP contribution in [0.3, 0.4) is 0 Å². The van der Waals surface area contributed by atoms with Crippen molar-refractivity contribution in [3.63, 3.8) is 0 Å². The lowest BCUT2D eigenvalue weighted by Gasteiger charge is -2.19. The molecular weight excluding hydrogens is 188 g/mol. The first-order valence-electron chi connectivity index (χ1n) is 5.49. The van der Waals surface area contributed by atoms with Crippen LogP contribution in [0.2, 0.25) is 0 Å². The van der Waals surface area contributed by atoms with E-state index in [4.69, 9.17) is 0 Å². The molecule has 0 radical (unpaired) electrons. The van der Waals surface area contributed by atoms with Crippen LogP contribution >= 0.6 is 0 Å². The highest BCUT2D eigenvalue weighted by molar-refractivity contribution is 5.26. The second kappa shape index (κ2) is 5.05. The molecular formula is C11H20N4. The molecule has 1 heterocycles. The van der Waals surface area contributed by atoms with Crippen molar-refractivity contribution in [3.8, 4) is 0 Å². The maximum absolute atomic E-state index is 4.34. The van der Waals surface area contributed by atoms with Crippen LogP contribution in [0.25, 0.3) is 0 Å². The molecule has 0 aliphatic rings. The van der Waals surface area contributed by atoms with Gasteiger partial charge < -0.3 is 5.32 Å². The zero-order chi connectivity index (χ0) is 11.4. The van der Waals surface area contributed by atoms with Gasteiger partial charge >= 0.3 is 0 Å². The summed E-state index contributed by atoms with van der Waals surface area (Å²) >= 11 is 0. The Morgan fingerprint density at radius 1 is 1.13 bits per heavy atom. The summed E-state index contributed by atoms with van der Waals surface area (Å²) in [6.45, 7) is 10.4. The summed E-state index contributed by atoms with van der Waals surface area (Å²) in [6, 6.07) is 0.374. The first kappa shape index (κ1) is 11.9. The predicted molar refractivity (Wildman–Crippen MR) is 61.8 cm³/mol. The average Bonchev–Trinajstić information content (AvgIpc) is 2.22. The maximum atomic E-state index is 4.34. The van der Waals surface area contributed by atoms with E-state index < -0.39 is 0 Å². The Morgan fingerprint density at radius 2 is 1.80 bits per heavy atom. The van der Waals surface area contributed by atoms with Gasteiger partial charge in [0, 0.05) is 6.04 Å². The molecule has 4 nitrogen and oxygen atoms in total. The fourth-order valence-electron chi connectivity index (χ4n) is 1.22. The topological polar surface area (TPSA) is 50.7 Å². The van der Waals surface area contributed by atoms with E-state index in [1.807, 2.05) is 13.8 Å². The lowest BCUT2D eigenvalue weighted by molar-refractivity contribution is 0.491. The van der Waals surface area contributed by atoms with Gasteiger partial charge in [0.1, 0.15) is 0 Å². The molecule has 0 fully saturated rings. The van der Waals surface area contributed by atoms with Gasteiger partial charge in [-0.15, -0.1) is 5.10 Å². The summed E-state index contributed by atoms with van der Waals surface area (Å²) < 4.78 is 0. The third kappa shape index (κ3) is 3.15. The van der Waals surface area contributed by atoms with Crippen LogP contribution in [0.5, 0.6) is 0 Å². The standard InChI is InChI=1S/C11H20N4/c1-6-7(2)8(3)12-11-13-9(4)10(5)14-15-11/h7-8H,6H2,1-5H3,(H,12,13,15). The van der Waals surface area contributed by atoms with Crippen LogP contribution in [0.1, 0.15) is 38.6 Å². The molecule has 2 atom stereocenters. The normalized spacial score (nSPS) is 14.7. The molecule has 0 spiro atoms. The van der Waals surface area contributed by atoms with Gasteiger partial charge in [0.15, 0.2) is 0 Å². The fraction of sp³-hybridized carbons (Fsp3) is 0.727. The number of nitrogens with zero attached hydrogens (tertiary/aromatic N) is 3. The molecule has 0 aliphatic heterocycles. The van der Waals surface area contributed by atoms with E-state index in [2.05, 4.69) is 41.3 Å². The van der Waals surface area contributed by atoms with Crippen molar-refractivity contribution >= 4 is 5.95 Å². The molecule has 1 aromatic rings. The molecule has 0 saturated heterocycles. The van der Waals surface area contributed by atoms with Gasteiger partial charge in [-0.2, -0.15) is 5.10 Å². The van der Waals surface area contributed by atoms with Crippen molar-refractivity contribution in [2.75, 3.05) is 5.32 Å². The number of hydrogen-bond acceptors (Lipinski definition) is 4. The Kier molecular flexibility index (Phi) is 4.00. The predicted octanol–water partition coefficient (Wildman–Crippen LogP) is 2.33. The smallest absolute Gasteiger partial charge is 0.243 e. The van der Waals surface area contributed by atoms with E-state index in [0.717, 1.165) is 17.8 Å². The molecule has 84 valence electrons. The third-order valence-electron chi connectivity index (χ3n) is 2.95. The van der Waals surface area contributed by atoms with Gasteiger partial charge in [-0.3, -0.25) is 0 Å². The average molecular weight is 208 g/mol. The van der Waals surface area contributed by atoms with Crippen LogP contribution in [0, 0.1) is 19.8 Å². The van der Waals surface area contributed by atoms with Crippen molar-refractivity contribution in [2.45, 2.75) is 47.1 Å². The van der Waals surface area contributed by atoms with E-state index in [1.165, 1.54) is 0 Å². The second-order valence-electron chi connectivity index (χ2n) is 4.12. The number of anilines is 1. The van der Waals surface area contributed by atoms with Crippen molar-refractivity contribution in [3.05, 3.63) is 11.4 Å². The number of nitrogens with one attached hydrogen (secondary N) is 1. The summed E-state index contributed by atoms with van der Waals surface area (Å²) in [6.07, 6.45) is 1.15. The quantitative estimate of drug-likeness (QED) is 0.825. The van der Waals surface area contributed by atoms with Crippen molar-refractivity contribution in [1.82, 2.24) is 15.2 Å². The zero-order valence-corrected chi connectivity index (χ0v) is 10.2. The molecule has 0 bridgehead atoms. The minimum atomic E-state index is 0.374. The second-order valence-corrected chi connectivity index (χ2v) is 4.12. The van der Waals surface area contributed by atoms with E-state index >= 15 is 0 Å². The molecule has 1 rings (SSSR count). The molecule has 0 amide bonds. The lowest BCUT2D eigenvalue weighted by Crippen LogP contribution is -2.24. The third-order valence-corrected chi connectivity index (χ3v) is 2.95. The Bertz CT molecular complexity index is 324. The highest BCUT2D eigenvalue weighted by atomic mass is 15.2. The van der Waals surface area contributed by atoms with Crippen LogP contribution < -0.4 is 5.32 Å². The molecule has 0 aromatic carbocycles. The summed E-state index contributed by atoms with van der Waals surface area (Å²) in [5.41, 5.74) is 1.82. The first-order valence-corrected chi connectivity index (χ1v) is 5.49.